The Morgan fingerprint density at radius 3 is 2.62 bits per heavy atom. The monoisotopic (exact) mass is 307 g/mol. The van der Waals surface area contributed by atoms with Gasteiger partial charge >= 0.3 is 0 Å². The summed E-state index contributed by atoms with van der Waals surface area (Å²) in [4.78, 5) is 2.23. The SMILES string of the molecule is CCc1nn(C)c(CN(C)C(C)CCl)c1Br. The van der Waals surface area contributed by atoms with Gasteiger partial charge in [-0.2, -0.15) is 5.10 Å². The van der Waals surface area contributed by atoms with Crippen molar-refractivity contribution in [1.82, 2.24) is 14.7 Å². The van der Waals surface area contributed by atoms with Gasteiger partial charge in [0.2, 0.25) is 0 Å². The topological polar surface area (TPSA) is 21.1 Å². The number of alkyl halides is 1. The summed E-state index contributed by atoms with van der Waals surface area (Å²) in [6.45, 7) is 5.10. The summed E-state index contributed by atoms with van der Waals surface area (Å²) >= 11 is 9.47. The Kier molecular flexibility index (Phi) is 5.28. The van der Waals surface area contributed by atoms with Crippen LogP contribution in [0.25, 0.3) is 0 Å². The van der Waals surface area contributed by atoms with Gasteiger partial charge in [0.1, 0.15) is 0 Å². The zero-order chi connectivity index (χ0) is 12.3. The first kappa shape index (κ1) is 14.0. The highest BCUT2D eigenvalue weighted by atomic mass is 79.9. The molecule has 1 unspecified atom stereocenters. The lowest BCUT2D eigenvalue weighted by molar-refractivity contribution is 0.261. The Bertz CT molecular complexity index is 351. The van der Waals surface area contributed by atoms with E-state index in [1.807, 2.05) is 11.7 Å². The van der Waals surface area contributed by atoms with Gasteiger partial charge in [-0.3, -0.25) is 9.58 Å². The zero-order valence-electron chi connectivity index (χ0n) is 10.3. The molecule has 1 rings (SSSR count). The minimum Gasteiger partial charge on any atom is -0.297 e. The lowest BCUT2D eigenvalue weighted by Crippen LogP contribution is -2.30. The number of aromatic nitrogens is 2. The number of aryl methyl sites for hydroxylation is 2. The Balaban J connectivity index is 2.84. The Morgan fingerprint density at radius 1 is 1.56 bits per heavy atom. The van der Waals surface area contributed by atoms with Crippen LogP contribution in [0, 0.1) is 0 Å². The lowest BCUT2D eigenvalue weighted by Gasteiger charge is -2.22. The van der Waals surface area contributed by atoms with Crippen LogP contribution in [0.4, 0.5) is 0 Å². The van der Waals surface area contributed by atoms with Crippen LogP contribution in [0.5, 0.6) is 0 Å². The van der Waals surface area contributed by atoms with Crippen LogP contribution in [0.2, 0.25) is 0 Å². The first-order valence-electron chi connectivity index (χ1n) is 5.47. The van der Waals surface area contributed by atoms with Crippen LogP contribution in [-0.4, -0.2) is 33.6 Å². The van der Waals surface area contributed by atoms with Crippen molar-refractivity contribution in [3.63, 3.8) is 0 Å². The molecule has 0 amide bonds. The van der Waals surface area contributed by atoms with Crippen molar-refractivity contribution < 1.29 is 0 Å². The van der Waals surface area contributed by atoms with Gasteiger partial charge in [-0.25, -0.2) is 0 Å². The van der Waals surface area contributed by atoms with Crippen molar-refractivity contribution in [1.29, 1.82) is 0 Å². The molecular formula is C11H19BrClN3. The number of nitrogens with zero attached hydrogens (tertiary/aromatic N) is 3. The molecule has 16 heavy (non-hydrogen) atoms. The summed E-state index contributed by atoms with van der Waals surface area (Å²) in [6.07, 6.45) is 0.948. The molecule has 0 N–H and O–H groups in total. The van der Waals surface area contributed by atoms with Crippen LogP contribution in [0.3, 0.4) is 0 Å². The lowest BCUT2D eigenvalue weighted by atomic mass is 10.2. The van der Waals surface area contributed by atoms with Crippen molar-refractivity contribution in [3.8, 4) is 0 Å². The molecule has 1 aromatic rings. The second kappa shape index (κ2) is 6.03. The number of halogens is 2. The largest absolute Gasteiger partial charge is 0.297 e. The van der Waals surface area contributed by atoms with Gasteiger partial charge in [0.25, 0.3) is 0 Å². The summed E-state index contributed by atoms with van der Waals surface area (Å²) < 4.78 is 3.08. The van der Waals surface area contributed by atoms with Gasteiger partial charge in [0, 0.05) is 25.5 Å². The van der Waals surface area contributed by atoms with Crippen molar-refractivity contribution in [2.75, 3.05) is 12.9 Å². The van der Waals surface area contributed by atoms with E-state index in [9.17, 15) is 0 Å². The smallest absolute Gasteiger partial charge is 0.0767 e. The minimum absolute atomic E-state index is 0.369. The average Bonchev–Trinajstić information content (AvgIpc) is 2.55. The first-order valence-corrected chi connectivity index (χ1v) is 6.80. The number of rotatable bonds is 5. The van der Waals surface area contributed by atoms with E-state index in [4.69, 9.17) is 11.6 Å². The fourth-order valence-corrected chi connectivity index (χ4v) is 2.48. The molecule has 0 aliphatic rings. The first-order chi connectivity index (χ1) is 7.51. The van der Waals surface area contributed by atoms with Crippen molar-refractivity contribution >= 4 is 27.5 Å². The molecule has 5 heteroatoms. The van der Waals surface area contributed by atoms with Gasteiger partial charge in [0.05, 0.1) is 15.9 Å². The maximum Gasteiger partial charge on any atom is 0.0767 e. The van der Waals surface area contributed by atoms with E-state index in [1.54, 1.807) is 0 Å². The molecule has 0 aliphatic carbocycles. The molecule has 92 valence electrons. The van der Waals surface area contributed by atoms with E-state index < -0.39 is 0 Å². The summed E-state index contributed by atoms with van der Waals surface area (Å²) in [5.41, 5.74) is 2.32. The second-order valence-corrected chi connectivity index (χ2v) is 5.20. The maximum atomic E-state index is 5.85. The predicted molar refractivity (Wildman–Crippen MR) is 71.9 cm³/mol. The molecule has 0 aliphatic heterocycles. The second-order valence-electron chi connectivity index (χ2n) is 4.10. The van der Waals surface area contributed by atoms with Gasteiger partial charge in [-0.1, -0.05) is 6.92 Å². The fraction of sp³-hybridized carbons (Fsp3) is 0.727. The minimum atomic E-state index is 0.369. The summed E-state index contributed by atoms with van der Waals surface area (Å²) in [5.74, 6) is 0.645. The van der Waals surface area contributed by atoms with E-state index in [-0.39, 0.29) is 0 Å². The van der Waals surface area contributed by atoms with Gasteiger partial charge < -0.3 is 0 Å². The van der Waals surface area contributed by atoms with Crippen LogP contribution in [0.15, 0.2) is 4.47 Å². The standard InChI is InChI=1S/C11H19BrClN3/c1-5-9-11(12)10(16(4)14-9)7-15(3)8(2)6-13/h8H,5-7H2,1-4H3. The molecule has 1 aromatic heterocycles. The third-order valence-corrected chi connectivity index (χ3v) is 4.24. The molecule has 0 saturated heterocycles. The molecule has 1 heterocycles. The quantitative estimate of drug-likeness (QED) is 0.780. The van der Waals surface area contributed by atoms with Crippen molar-refractivity contribution in [3.05, 3.63) is 15.9 Å². The molecule has 0 bridgehead atoms. The third-order valence-electron chi connectivity index (χ3n) is 2.88. The number of hydrogen-bond acceptors (Lipinski definition) is 2. The highest BCUT2D eigenvalue weighted by Crippen LogP contribution is 2.23. The molecule has 0 spiro atoms. The van der Waals surface area contributed by atoms with E-state index in [2.05, 4.69) is 46.8 Å². The normalized spacial score (nSPS) is 13.4. The highest BCUT2D eigenvalue weighted by molar-refractivity contribution is 9.10. The molecule has 1 atom stereocenters. The third kappa shape index (κ3) is 2.99. The maximum absolute atomic E-state index is 5.85. The number of hydrogen-bond donors (Lipinski definition) is 0. The van der Waals surface area contributed by atoms with Crippen molar-refractivity contribution in [2.24, 2.45) is 7.05 Å². The summed E-state index contributed by atoms with van der Waals surface area (Å²) in [7, 11) is 4.07. The van der Waals surface area contributed by atoms with Crippen LogP contribution in [-0.2, 0) is 20.0 Å². The molecule has 0 fully saturated rings. The predicted octanol–water partition coefficient (Wildman–Crippen LogP) is 2.80. The van der Waals surface area contributed by atoms with E-state index in [0.29, 0.717) is 11.9 Å². The Morgan fingerprint density at radius 2 is 2.19 bits per heavy atom. The van der Waals surface area contributed by atoms with Crippen LogP contribution >= 0.6 is 27.5 Å². The summed E-state index contributed by atoms with van der Waals surface area (Å²) in [6, 6.07) is 0.369. The fourth-order valence-electron chi connectivity index (χ4n) is 1.50. The van der Waals surface area contributed by atoms with E-state index >= 15 is 0 Å². The molecule has 3 nitrogen and oxygen atoms in total. The van der Waals surface area contributed by atoms with Crippen molar-refractivity contribution in [2.45, 2.75) is 32.9 Å². The molecule has 0 radical (unpaired) electrons. The van der Waals surface area contributed by atoms with Gasteiger partial charge in [-0.15, -0.1) is 11.6 Å². The van der Waals surface area contributed by atoms with Crippen LogP contribution in [0.1, 0.15) is 25.2 Å². The summed E-state index contributed by atoms with van der Waals surface area (Å²) in [5, 5.41) is 4.48. The average molecular weight is 309 g/mol. The van der Waals surface area contributed by atoms with Gasteiger partial charge in [-0.05, 0) is 36.3 Å². The Hall–Kier alpha value is -0.0600. The Labute approximate surface area is 111 Å². The van der Waals surface area contributed by atoms with Gasteiger partial charge in [0.15, 0.2) is 0 Å². The highest BCUT2D eigenvalue weighted by Gasteiger charge is 2.16. The zero-order valence-corrected chi connectivity index (χ0v) is 12.6. The molecular weight excluding hydrogens is 289 g/mol. The van der Waals surface area contributed by atoms with E-state index in [0.717, 1.165) is 23.1 Å². The van der Waals surface area contributed by atoms with Crippen LogP contribution < -0.4 is 0 Å². The molecule has 0 saturated carbocycles. The molecule has 0 aromatic carbocycles. The van der Waals surface area contributed by atoms with E-state index in [1.165, 1.54) is 5.69 Å².